The van der Waals surface area contributed by atoms with Gasteiger partial charge >= 0.3 is 6.03 Å². The van der Waals surface area contributed by atoms with Gasteiger partial charge in [-0.3, -0.25) is 0 Å². The fourth-order valence-corrected chi connectivity index (χ4v) is 2.55. The summed E-state index contributed by atoms with van der Waals surface area (Å²) >= 11 is 1.53. The predicted molar refractivity (Wildman–Crippen MR) is 89.5 cm³/mol. The van der Waals surface area contributed by atoms with Crippen LogP contribution in [0.1, 0.15) is 24.5 Å². The molecule has 0 saturated carbocycles. The topological polar surface area (TPSA) is 54.5 Å². The van der Waals surface area contributed by atoms with E-state index in [1.165, 1.54) is 28.4 Å². The summed E-state index contributed by atoms with van der Waals surface area (Å²) < 4.78 is 19.4. The first kappa shape index (κ1) is 17.2. The number of benzene rings is 1. The number of nitrogens with zero attached hydrogens (tertiary/aromatic N) is 2. The number of hydrogen-bond acceptors (Lipinski definition) is 4. The van der Waals surface area contributed by atoms with Gasteiger partial charge < -0.3 is 15.0 Å². The molecule has 124 valence electrons. The number of urea groups is 1. The molecule has 0 saturated heterocycles. The quantitative estimate of drug-likeness (QED) is 0.896. The highest BCUT2D eigenvalue weighted by atomic mass is 32.1. The Morgan fingerprint density at radius 2 is 2.22 bits per heavy atom. The van der Waals surface area contributed by atoms with Gasteiger partial charge in [-0.2, -0.15) is 0 Å². The number of amides is 2. The number of thiazole rings is 1. The van der Waals surface area contributed by atoms with Crippen molar-refractivity contribution in [2.75, 3.05) is 12.4 Å². The molecule has 2 aromatic rings. The second-order valence-corrected chi connectivity index (χ2v) is 6.51. The lowest BCUT2D eigenvalue weighted by Gasteiger charge is -2.17. The van der Waals surface area contributed by atoms with E-state index < -0.39 is 11.8 Å². The first-order valence-electron chi connectivity index (χ1n) is 7.24. The van der Waals surface area contributed by atoms with Gasteiger partial charge in [0, 0.05) is 18.5 Å². The first-order chi connectivity index (χ1) is 10.8. The summed E-state index contributed by atoms with van der Waals surface area (Å²) in [5, 5.41) is 5.40. The Bertz CT molecular complexity index is 688. The Hall–Kier alpha value is -2.15. The van der Waals surface area contributed by atoms with Crippen LogP contribution in [0.5, 0.6) is 5.75 Å². The van der Waals surface area contributed by atoms with Crippen LogP contribution in [0.25, 0.3) is 0 Å². The smallest absolute Gasteiger partial charge is 0.322 e. The molecule has 23 heavy (non-hydrogen) atoms. The lowest BCUT2D eigenvalue weighted by molar-refractivity contribution is 0.220. The third-order valence-corrected chi connectivity index (χ3v) is 3.79. The lowest BCUT2D eigenvalue weighted by atomic mass is 10.3. The molecule has 2 amide bonds. The highest BCUT2D eigenvalue weighted by Crippen LogP contribution is 2.22. The summed E-state index contributed by atoms with van der Waals surface area (Å²) in [6.45, 7) is 6.00. The monoisotopic (exact) mass is 337 g/mol. The van der Waals surface area contributed by atoms with Crippen LogP contribution in [0, 0.1) is 12.7 Å². The summed E-state index contributed by atoms with van der Waals surface area (Å²) in [4.78, 5) is 17.9. The van der Waals surface area contributed by atoms with Gasteiger partial charge in [0.15, 0.2) is 0 Å². The highest BCUT2D eigenvalue weighted by molar-refractivity contribution is 7.09. The zero-order valence-electron chi connectivity index (χ0n) is 13.6. The lowest BCUT2D eigenvalue weighted by Crippen LogP contribution is -2.31. The Morgan fingerprint density at radius 3 is 2.78 bits per heavy atom. The standard InChI is InChI=1S/C16H20FN3O2S/c1-10(2)22-13-5-6-15(14(17)7-13)19-16(21)20(4)8-12-9-23-11(3)18-12/h5-7,9-10H,8H2,1-4H3,(H,19,21). The van der Waals surface area contributed by atoms with Gasteiger partial charge in [0.2, 0.25) is 0 Å². The van der Waals surface area contributed by atoms with Gasteiger partial charge in [0.1, 0.15) is 11.6 Å². The molecule has 2 rings (SSSR count). The molecule has 0 unspecified atom stereocenters. The summed E-state index contributed by atoms with van der Waals surface area (Å²) in [6, 6.07) is 3.99. The minimum absolute atomic E-state index is 0.0393. The molecule has 1 aromatic carbocycles. The molecule has 5 nitrogen and oxygen atoms in total. The molecule has 0 aliphatic rings. The van der Waals surface area contributed by atoms with Crippen LogP contribution in [0.15, 0.2) is 23.6 Å². The molecule has 0 aliphatic heterocycles. The van der Waals surface area contributed by atoms with Gasteiger partial charge in [-0.05, 0) is 32.9 Å². The van der Waals surface area contributed by atoms with Crippen molar-refractivity contribution in [2.24, 2.45) is 0 Å². The maximum atomic E-state index is 14.0. The van der Waals surface area contributed by atoms with E-state index in [1.807, 2.05) is 26.2 Å². The van der Waals surface area contributed by atoms with Crippen LogP contribution in [0.4, 0.5) is 14.9 Å². The van der Waals surface area contributed by atoms with Crippen LogP contribution in [0.2, 0.25) is 0 Å². The Kier molecular flexibility index (Phi) is 5.54. The zero-order valence-corrected chi connectivity index (χ0v) is 14.4. The average Bonchev–Trinajstić information content (AvgIpc) is 2.86. The van der Waals surface area contributed by atoms with E-state index in [4.69, 9.17) is 4.74 Å². The van der Waals surface area contributed by atoms with Crippen LogP contribution in [-0.4, -0.2) is 29.1 Å². The Morgan fingerprint density at radius 1 is 1.48 bits per heavy atom. The van der Waals surface area contributed by atoms with Gasteiger partial charge in [-0.15, -0.1) is 11.3 Å². The molecular weight excluding hydrogens is 317 g/mol. The number of carbonyl (C=O) groups excluding carboxylic acids is 1. The van der Waals surface area contributed by atoms with E-state index in [9.17, 15) is 9.18 Å². The van der Waals surface area contributed by atoms with Crippen molar-refractivity contribution in [1.82, 2.24) is 9.88 Å². The number of rotatable bonds is 5. The van der Waals surface area contributed by atoms with Crippen molar-refractivity contribution in [3.8, 4) is 5.75 Å². The van der Waals surface area contributed by atoms with E-state index in [0.717, 1.165) is 10.7 Å². The van der Waals surface area contributed by atoms with Gasteiger partial charge in [-0.1, -0.05) is 0 Å². The number of nitrogens with one attached hydrogen (secondary N) is 1. The molecule has 0 bridgehead atoms. The third kappa shape index (κ3) is 4.92. The molecule has 1 N–H and O–H groups in total. The summed E-state index contributed by atoms with van der Waals surface area (Å²) in [5.41, 5.74) is 0.929. The third-order valence-electron chi connectivity index (χ3n) is 2.97. The van der Waals surface area contributed by atoms with Crippen LogP contribution < -0.4 is 10.1 Å². The number of carbonyl (C=O) groups is 1. The SMILES string of the molecule is Cc1nc(CN(C)C(=O)Nc2ccc(OC(C)C)cc2F)cs1. The summed E-state index contributed by atoms with van der Waals surface area (Å²) in [7, 11) is 1.64. The molecule has 0 spiro atoms. The number of hydrogen-bond donors (Lipinski definition) is 1. The van der Waals surface area contributed by atoms with Gasteiger partial charge in [0.25, 0.3) is 0 Å². The highest BCUT2D eigenvalue weighted by Gasteiger charge is 2.14. The van der Waals surface area contributed by atoms with Crippen molar-refractivity contribution in [1.29, 1.82) is 0 Å². The van der Waals surface area contributed by atoms with Crippen molar-refractivity contribution >= 4 is 23.1 Å². The van der Waals surface area contributed by atoms with Crippen molar-refractivity contribution in [2.45, 2.75) is 33.4 Å². The molecule has 0 radical (unpaired) electrons. The first-order valence-corrected chi connectivity index (χ1v) is 8.12. The fourth-order valence-electron chi connectivity index (χ4n) is 1.95. The number of aryl methyl sites for hydroxylation is 1. The van der Waals surface area contributed by atoms with E-state index in [2.05, 4.69) is 10.3 Å². The molecule has 0 fully saturated rings. The summed E-state index contributed by atoms with van der Waals surface area (Å²) in [5.74, 6) is -0.101. The molecule has 7 heteroatoms. The van der Waals surface area contributed by atoms with E-state index >= 15 is 0 Å². The molecule has 0 aliphatic carbocycles. The second-order valence-electron chi connectivity index (χ2n) is 5.45. The largest absolute Gasteiger partial charge is 0.491 e. The van der Waals surface area contributed by atoms with Crippen LogP contribution in [-0.2, 0) is 6.54 Å². The van der Waals surface area contributed by atoms with Crippen molar-refractivity contribution in [3.63, 3.8) is 0 Å². The summed E-state index contributed by atoms with van der Waals surface area (Å²) in [6.07, 6.45) is -0.0393. The normalized spacial score (nSPS) is 10.7. The average molecular weight is 337 g/mol. The van der Waals surface area contributed by atoms with Crippen molar-refractivity contribution < 1.29 is 13.9 Å². The Balaban J connectivity index is 1.99. The van der Waals surface area contributed by atoms with Crippen LogP contribution >= 0.6 is 11.3 Å². The van der Waals surface area contributed by atoms with Crippen molar-refractivity contribution in [3.05, 3.63) is 40.1 Å². The molecule has 0 atom stereocenters. The maximum Gasteiger partial charge on any atom is 0.322 e. The zero-order chi connectivity index (χ0) is 17.0. The second kappa shape index (κ2) is 7.41. The molecule has 1 aromatic heterocycles. The van der Waals surface area contributed by atoms with E-state index in [1.54, 1.807) is 13.1 Å². The number of anilines is 1. The molecule has 1 heterocycles. The minimum atomic E-state index is -0.533. The van der Waals surface area contributed by atoms with E-state index in [-0.39, 0.29) is 11.8 Å². The van der Waals surface area contributed by atoms with Gasteiger partial charge in [0.05, 0.1) is 29.0 Å². The van der Waals surface area contributed by atoms with Gasteiger partial charge in [-0.25, -0.2) is 14.2 Å². The minimum Gasteiger partial charge on any atom is -0.491 e. The number of aromatic nitrogens is 1. The Labute approximate surface area is 139 Å². The number of ether oxygens (including phenoxy) is 1. The van der Waals surface area contributed by atoms with Crippen LogP contribution in [0.3, 0.4) is 0 Å². The maximum absolute atomic E-state index is 14.0. The fraction of sp³-hybridized carbons (Fsp3) is 0.375. The molecular formula is C16H20FN3O2S. The van der Waals surface area contributed by atoms with E-state index in [0.29, 0.717) is 12.3 Å². The number of halogens is 1. The predicted octanol–water partition coefficient (Wildman–Crippen LogP) is 4.04.